The van der Waals surface area contributed by atoms with Gasteiger partial charge in [0.1, 0.15) is 30.1 Å². The van der Waals surface area contributed by atoms with E-state index in [1.54, 1.807) is 41.1 Å². The Bertz CT molecular complexity index is 1830. The third-order valence-corrected chi connectivity index (χ3v) is 15.5. The maximum atomic E-state index is 14.4. The van der Waals surface area contributed by atoms with Crippen LogP contribution in [-0.2, 0) is 47.7 Å². The highest BCUT2D eigenvalue weighted by molar-refractivity contribution is 7.98. The number of aliphatic hydroxyl groups excluding tert-OH is 1. The van der Waals surface area contributed by atoms with E-state index in [9.17, 15) is 39.1 Å². The van der Waals surface area contributed by atoms with Gasteiger partial charge in [0.25, 0.3) is 11.7 Å². The summed E-state index contributed by atoms with van der Waals surface area (Å²) in [4.78, 5) is 83.1. The molecular weight excluding hydrogens is 881 g/mol. The molecule has 0 aromatic heterocycles. The molecule has 0 aromatic rings. The first-order valence-corrected chi connectivity index (χ1v) is 25.1. The van der Waals surface area contributed by atoms with Crippen molar-refractivity contribution in [1.29, 1.82) is 0 Å². The summed E-state index contributed by atoms with van der Waals surface area (Å²) in [5.74, 6) is -8.03. The number of carbonyl (C=O) groups excluding carboxylic acids is 5. The zero-order chi connectivity index (χ0) is 49.6. The molecule has 1 aliphatic carbocycles. The van der Waals surface area contributed by atoms with Crippen molar-refractivity contribution in [1.82, 2.24) is 4.90 Å². The summed E-state index contributed by atoms with van der Waals surface area (Å²) in [6.07, 6.45) is 12.0. The van der Waals surface area contributed by atoms with Crippen molar-refractivity contribution >= 4 is 41.2 Å². The smallest absolute Gasteiger partial charge is 0.329 e. The third kappa shape index (κ3) is 15.1. The fourth-order valence-electron chi connectivity index (χ4n) is 10.3. The summed E-state index contributed by atoms with van der Waals surface area (Å²) in [6.45, 7) is 12.7. The van der Waals surface area contributed by atoms with Crippen LogP contribution in [0.4, 0.5) is 0 Å². The number of cyclic esters (lactones) is 1. The number of piperidine rings is 1. The molecular formula is C51H78N2O13S. The molecule has 15 atom stereocenters. The van der Waals surface area contributed by atoms with Gasteiger partial charge in [-0.1, -0.05) is 71.1 Å². The predicted molar refractivity (Wildman–Crippen MR) is 256 cm³/mol. The van der Waals surface area contributed by atoms with Crippen LogP contribution in [0.15, 0.2) is 52.2 Å². The minimum atomic E-state index is -2.44. The molecule has 0 spiro atoms. The summed E-state index contributed by atoms with van der Waals surface area (Å²) in [6, 6.07) is -1.15. The van der Waals surface area contributed by atoms with E-state index in [1.807, 2.05) is 58.1 Å². The minimum absolute atomic E-state index is 0.0138. The SMILES string of the molecule is CO[C@H]1C[C@@H]2CC[C@@H](C)[C@@](O)(O2)C(=O)C(=O)N2CCCC[C@H]2C(=O)OC([C@H](C)C[C@@H]2CCC(SN=O)[C@H](OC)C2)CC(=O)[C@H](C)/C=C(\C)[C@@H](O)[C@@H](OC)C(=O)[C@H](C)C[C@H](C)/C=C/C=CC=C1C. The van der Waals surface area contributed by atoms with Crippen molar-refractivity contribution in [3.63, 3.8) is 0 Å². The zero-order valence-corrected chi connectivity index (χ0v) is 42.2. The summed E-state index contributed by atoms with van der Waals surface area (Å²) in [7, 11) is 4.55. The highest BCUT2D eigenvalue weighted by Gasteiger charge is 2.53. The lowest BCUT2D eigenvalue weighted by Crippen LogP contribution is -2.61. The molecule has 0 aromatic carbocycles. The minimum Gasteiger partial charge on any atom is -0.460 e. The maximum absolute atomic E-state index is 14.4. The Morgan fingerprint density at radius 1 is 0.896 bits per heavy atom. The van der Waals surface area contributed by atoms with Gasteiger partial charge < -0.3 is 38.8 Å². The number of nitroso groups, excluding NO2 is 1. The van der Waals surface area contributed by atoms with Crippen molar-refractivity contribution in [2.75, 3.05) is 27.9 Å². The van der Waals surface area contributed by atoms with Crippen LogP contribution in [0.25, 0.3) is 0 Å². The molecule has 2 unspecified atom stereocenters. The normalized spacial score (nSPS) is 38.2. The van der Waals surface area contributed by atoms with E-state index >= 15 is 0 Å². The number of hydrogen-bond acceptors (Lipinski definition) is 15. The first-order valence-electron chi connectivity index (χ1n) is 24.3. The second-order valence-corrected chi connectivity index (χ2v) is 20.7. The Kier molecular flexibility index (Phi) is 22.3. The van der Waals surface area contributed by atoms with Crippen molar-refractivity contribution in [2.45, 2.75) is 179 Å². The highest BCUT2D eigenvalue weighted by Crippen LogP contribution is 2.39. The molecule has 1 amide bonds. The Morgan fingerprint density at radius 2 is 1.63 bits per heavy atom. The van der Waals surface area contributed by atoms with Gasteiger partial charge in [0.15, 0.2) is 5.78 Å². The lowest BCUT2D eigenvalue weighted by molar-refractivity contribution is -0.265. The van der Waals surface area contributed by atoms with Crippen LogP contribution in [0, 0.1) is 40.4 Å². The van der Waals surface area contributed by atoms with Gasteiger partial charge in [-0.3, -0.25) is 19.2 Å². The quantitative estimate of drug-likeness (QED) is 0.0791. The molecule has 16 heteroatoms. The number of carbonyl (C=O) groups is 5. The summed E-state index contributed by atoms with van der Waals surface area (Å²) < 4.78 is 32.6. The molecule has 67 heavy (non-hydrogen) atoms. The van der Waals surface area contributed by atoms with Gasteiger partial charge in [0.2, 0.25) is 5.79 Å². The first kappa shape index (κ1) is 56.2. The van der Waals surface area contributed by atoms with Crippen LogP contribution < -0.4 is 0 Å². The van der Waals surface area contributed by atoms with Crippen LogP contribution in [0.3, 0.4) is 0 Å². The summed E-state index contributed by atoms with van der Waals surface area (Å²) in [5.41, 5.74) is 1.26. The molecule has 1 saturated carbocycles. The highest BCUT2D eigenvalue weighted by atomic mass is 32.2. The lowest BCUT2D eigenvalue weighted by atomic mass is 9.79. The second-order valence-electron chi connectivity index (χ2n) is 19.7. The Hall–Kier alpha value is -3.38. The first-order chi connectivity index (χ1) is 31.8. The molecule has 0 radical (unpaired) electrons. The van der Waals surface area contributed by atoms with E-state index in [0.29, 0.717) is 63.4 Å². The van der Waals surface area contributed by atoms with E-state index in [2.05, 4.69) is 4.58 Å². The van der Waals surface area contributed by atoms with Gasteiger partial charge in [-0.15, -0.1) is 4.91 Å². The van der Waals surface area contributed by atoms with Crippen molar-refractivity contribution < 1.29 is 57.9 Å². The van der Waals surface area contributed by atoms with Crippen molar-refractivity contribution in [3.8, 4) is 0 Å². The number of fused-ring (bicyclic) bond motifs is 3. The second kappa shape index (κ2) is 26.6. The van der Waals surface area contributed by atoms with Crippen molar-refractivity contribution in [2.24, 2.45) is 40.1 Å². The fraction of sp³-hybridized carbons (Fsp3) is 0.745. The summed E-state index contributed by atoms with van der Waals surface area (Å²) in [5, 5.41) is 23.3. The Labute approximate surface area is 402 Å². The molecule has 2 N–H and O–H groups in total. The Balaban J connectivity index is 1.70. The standard InChI is InChI=1S/C51H78N2O13S/c1-30-16-12-11-13-17-31(2)41(62-8)28-38-21-19-36(7)51(60,66-38)48(57)49(58)53-23-15-14-18-39(53)50(59)65-42(33(4)26-37-20-22-44(67-52-61)43(27-37)63-9)29-40(54)32(3)25-35(6)46(56)47(64-10)45(55)34(5)24-30/h11-13,16-17,25,30,32-34,36-39,41-44,46-47,56,60H,14-15,18-24,26-29H2,1-10H3/b13-11?,16-12+,31-17?,35-25+/t30-,32-,33-,34-,36-,37+,38+,39+,41+,42?,43-,44?,46-,47+,51-/m1/s1. The van der Waals surface area contributed by atoms with Crippen molar-refractivity contribution in [3.05, 3.63) is 52.5 Å². The van der Waals surface area contributed by atoms with Crippen LogP contribution in [-0.4, -0.2) is 126 Å². The number of Topliss-reactive ketones (excluding diaryl/α,β-unsaturated/α-hetero) is 3. The number of ketones is 3. The lowest BCUT2D eigenvalue weighted by Gasteiger charge is -2.42. The van der Waals surface area contributed by atoms with E-state index in [1.165, 1.54) is 12.0 Å². The number of ether oxygens (including phenoxy) is 5. The molecule has 15 nitrogen and oxygen atoms in total. The van der Waals surface area contributed by atoms with Crippen LogP contribution in [0.2, 0.25) is 0 Å². The van der Waals surface area contributed by atoms with Crippen LogP contribution >= 0.6 is 11.9 Å². The molecule has 4 rings (SSSR count). The maximum Gasteiger partial charge on any atom is 0.329 e. The van der Waals surface area contributed by atoms with Crippen LogP contribution in [0.1, 0.15) is 126 Å². The molecule has 376 valence electrons. The average Bonchev–Trinajstić information content (AvgIpc) is 3.30. The zero-order valence-electron chi connectivity index (χ0n) is 41.4. The number of esters is 1. The molecule has 3 fully saturated rings. The van der Waals surface area contributed by atoms with Gasteiger partial charge in [-0.05, 0) is 107 Å². The van der Waals surface area contributed by atoms with E-state index < -0.39 is 77.8 Å². The molecule has 2 bridgehead atoms. The van der Waals surface area contributed by atoms with Gasteiger partial charge in [0, 0.05) is 75.0 Å². The fourth-order valence-corrected chi connectivity index (χ4v) is 11.0. The number of allylic oxidation sites excluding steroid dienone is 6. The van der Waals surface area contributed by atoms with E-state index in [4.69, 9.17) is 23.7 Å². The summed E-state index contributed by atoms with van der Waals surface area (Å²) >= 11 is 0.974. The topological polar surface area (TPSA) is 205 Å². The molecule has 2 saturated heterocycles. The number of nitrogens with zero attached hydrogens (tertiary/aromatic N) is 2. The van der Waals surface area contributed by atoms with E-state index in [0.717, 1.165) is 23.9 Å². The number of amides is 1. The molecule has 3 aliphatic heterocycles. The van der Waals surface area contributed by atoms with Gasteiger partial charge in [0.05, 0.1) is 23.6 Å². The van der Waals surface area contributed by atoms with E-state index in [-0.39, 0.29) is 60.1 Å². The third-order valence-electron chi connectivity index (χ3n) is 14.6. The number of rotatable bonds is 8. The Morgan fingerprint density at radius 3 is 2.30 bits per heavy atom. The molecule has 4 aliphatic rings. The predicted octanol–water partition coefficient (Wildman–Crippen LogP) is 7.60. The largest absolute Gasteiger partial charge is 0.460 e. The average molecular weight is 959 g/mol. The number of methoxy groups -OCH3 is 3. The molecule has 3 heterocycles. The van der Waals surface area contributed by atoms with Gasteiger partial charge in [-0.2, -0.15) is 0 Å². The van der Waals surface area contributed by atoms with Gasteiger partial charge >= 0.3 is 5.97 Å². The number of aliphatic hydroxyl groups is 2. The van der Waals surface area contributed by atoms with Gasteiger partial charge in [-0.25, -0.2) is 4.79 Å². The number of hydrogen-bond donors (Lipinski definition) is 2. The van der Waals surface area contributed by atoms with Crippen LogP contribution in [0.5, 0.6) is 0 Å². The monoisotopic (exact) mass is 959 g/mol.